The number of esters is 1. The maximum atomic E-state index is 14.6. The van der Waals surface area contributed by atoms with E-state index in [2.05, 4.69) is 4.74 Å². The standard InChI is InChI=1S/C16H18FNO2/c1-20-15(19)14(18)11-16(17)9-7-13(8-10-16)12-5-3-2-4-6-12/h2-9,14H,10-11,18H2,1H3. The third-order valence-electron chi connectivity index (χ3n) is 3.39. The van der Waals surface area contributed by atoms with Gasteiger partial charge < -0.3 is 10.5 Å². The summed E-state index contributed by atoms with van der Waals surface area (Å²) < 4.78 is 19.1. The number of hydrogen-bond donors (Lipinski definition) is 1. The molecule has 20 heavy (non-hydrogen) atoms. The molecule has 1 aliphatic carbocycles. The van der Waals surface area contributed by atoms with Crippen molar-refractivity contribution in [3.05, 3.63) is 54.1 Å². The van der Waals surface area contributed by atoms with Gasteiger partial charge in [0, 0.05) is 12.8 Å². The highest BCUT2D eigenvalue weighted by Gasteiger charge is 2.33. The molecule has 2 atom stereocenters. The Balaban J connectivity index is 2.05. The van der Waals surface area contributed by atoms with Crippen LogP contribution < -0.4 is 5.73 Å². The van der Waals surface area contributed by atoms with Crippen LogP contribution in [0.2, 0.25) is 0 Å². The second-order valence-electron chi connectivity index (χ2n) is 4.93. The monoisotopic (exact) mass is 275 g/mol. The quantitative estimate of drug-likeness (QED) is 0.859. The van der Waals surface area contributed by atoms with Crippen LogP contribution in [0.4, 0.5) is 4.39 Å². The van der Waals surface area contributed by atoms with Gasteiger partial charge in [-0.3, -0.25) is 4.79 Å². The second kappa shape index (κ2) is 6.01. The molecule has 0 fully saturated rings. The number of rotatable bonds is 4. The number of allylic oxidation sites excluding steroid dienone is 4. The number of carbonyl (C=O) groups is 1. The van der Waals surface area contributed by atoms with Crippen LogP contribution in [-0.2, 0) is 9.53 Å². The van der Waals surface area contributed by atoms with Gasteiger partial charge in [0.1, 0.15) is 11.7 Å². The summed E-state index contributed by atoms with van der Waals surface area (Å²) in [6, 6.07) is 8.82. The lowest BCUT2D eigenvalue weighted by atomic mass is 9.86. The Kier molecular flexibility index (Phi) is 4.35. The predicted octanol–water partition coefficient (Wildman–Crippen LogP) is 2.63. The summed E-state index contributed by atoms with van der Waals surface area (Å²) in [5.41, 5.74) is 6.05. The zero-order valence-corrected chi connectivity index (χ0v) is 11.4. The van der Waals surface area contributed by atoms with Crippen molar-refractivity contribution in [2.24, 2.45) is 5.73 Å². The summed E-state index contributed by atoms with van der Waals surface area (Å²) in [5, 5.41) is 0. The molecule has 1 aromatic rings. The van der Waals surface area contributed by atoms with Crippen molar-refractivity contribution in [2.45, 2.75) is 24.6 Å². The van der Waals surface area contributed by atoms with Gasteiger partial charge in [0.05, 0.1) is 7.11 Å². The summed E-state index contributed by atoms with van der Waals surface area (Å²) in [5.74, 6) is -0.590. The summed E-state index contributed by atoms with van der Waals surface area (Å²) in [6.45, 7) is 0. The molecule has 0 radical (unpaired) electrons. The molecule has 0 bridgehead atoms. The molecule has 106 valence electrons. The van der Waals surface area contributed by atoms with Crippen LogP contribution in [-0.4, -0.2) is 24.8 Å². The fourth-order valence-electron chi connectivity index (χ4n) is 2.25. The molecule has 0 aromatic heterocycles. The molecule has 1 aromatic carbocycles. The third-order valence-corrected chi connectivity index (χ3v) is 3.39. The first-order valence-corrected chi connectivity index (χ1v) is 6.51. The third kappa shape index (κ3) is 3.33. The number of nitrogens with two attached hydrogens (primary N) is 1. The second-order valence-corrected chi connectivity index (χ2v) is 4.93. The SMILES string of the molecule is COC(=O)C(N)CC1(F)C=CC(c2ccccc2)=CC1. The number of methoxy groups -OCH3 is 1. The van der Waals surface area contributed by atoms with E-state index in [0.717, 1.165) is 11.1 Å². The zero-order valence-electron chi connectivity index (χ0n) is 11.4. The van der Waals surface area contributed by atoms with Crippen LogP contribution in [0.3, 0.4) is 0 Å². The molecular formula is C16H18FNO2. The highest BCUT2D eigenvalue weighted by molar-refractivity contribution is 5.77. The van der Waals surface area contributed by atoms with E-state index in [1.165, 1.54) is 13.2 Å². The predicted molar refractivity (Wildman–Crippen MR) is 76.6 cm³/mol. The number of ether oxygens (including phenoxy) is 1. The van der Waals surface area contributed by atoms with Gasteiger partial charge in [-0.1, -0.05) is 42.5 Å². The van der Waals surface area contributed by atoms with Gasteiger partial charge in [-0.05, 0) is 17.2 Å². The number of hydrogen-bond acceptors (Lipinski definition) is 3. The minimum absolute atomic E-state index is 0.0747. The lowest BCUT2D eigenvalue weighted by Crippen LogP contribution is -2.39. The van der Waals surface area contributed by atoms with E-state index in [1.54, 1.807) is 6.08 Å². The Hall–Kier alpha value is -1.94. The van der Waals surface area contributed by atoms with Crippen LogP contribution in [0.5, 0.6) is 0 Å². The molecule has 0 heterocycles. The molecule has 4 heteroatoms. The van der Waals surface area contributed by atoms with Gasteiger partial charge in [0.25, 0.3) is 0 Å². The minimum atomic E-state index is -1.59. The smallest absolute Gasteiger partial charge is 0.322 e. The molecule has 0 saturated carbocycles. The van der Waals surface area contributed by atoms with Gasteiger partial charge in [-0.15, -0.1) is 0 Å². The van der Waals surface area contributed by atoms with E-state index in [9.17, 15) is 9.18 Å². The zero-order chi connectivity index (χ0) is 14.6. The van der Waals surface area contributed by atoms with Crippen molar-refractivity contribution in [3.8, 4) is 0 Å². The van der Waals surface area contributed by atoms with Gasteiger partial charge in [0.2, 0.25) is 0 Å². The van der Waals surface area contributed by atoms with Gasteiger partial charge in [-0.2, -0.15) is 0 Å². The van der Waals surface area contributed by atoms with Crippen molar-refractivity contribution in [1.29, 1.82) is 0 Å². The number of halogens is 1. The van der Waals surface area contributed by atoms with E-state index in [4.69, 9.17) is 5.73 Å². The molecule has 0 spiro atoms. The topological polar surface area (TPSA) is 52.3 Å². The first-order valence-electron chi connectivity index (χ1n) is 6.51. The highest BCUT2D eigenvalue weighted by atomic mass is 19.1. The molecule has 0 aliphatic heterocycles. The number of alkyl halides is 1. The first-order chi connectivity index (χ1) is 9.54. The lowest BCUT2D eigenvalue weighted by molar-refractivity contribution is -0.143. The Labute approximate surface area is 117 Å². The van der Waals surface area contributed by atoms with Crippen LogP contribution in [0.25, 0.3) is 5.57 Å². The molecule has 0 saturated heterocycles. The summed E-state index contributed by atoms with van der Waals surface area (Å²) in [6.07, 6.45) is 5.19. The highest BCUT2D eigenvalue weighted by Crippen LogP contribution is 2.32. The van der Waals surface area contributed by atoms with E-state index in [0.29, 0.717) is 0 Å². The van der Waals surface area contributed by atoms with Crippen LogP contribution >= 0.6 is 0 Å². The van der Waals surface area contributed by atoms with Gasteiger partial charge in [0.15, 0.2) is 0 Å². The molecule has 2 unspecified atom stereocenters. The van der Waals surface area contributed by atoms with E-state index in [-0.39, 0.29) is 12.8 Å². The van der Waals surface area contributed by atoms with Crippen LogP contribution in [0.15, 0.2) is 48.6 Å². The number of benzene rings is 1. The average molecular weight is 275 g/mol. The molecule has 0 amide bonds. The fraction of sp³-hybridized carbons (Fsp3) is 0.312. The summed E-state index contributed by atoms with van der Waals surface area (Å²) >= 11 is 0. The van der Waals surface area contributed by atoms with Gasteiger partial charge >= 0.3 is 5.97 Å². The molecule has 2 N–H and O–H groups in total. The fourth-order valence-corrected chi connectivity index (χ4v) is 2.25. The minimum Gasteiger partial charge on any atom is -0.468 e. The molecular weight excluding hydrogens is 257 g/mol. The van der Waals surface area contributed by atoms with Crippen molar-refractivity contribution in [2.75, 3.05) is 7.11 Å². The summed E-state index contributed by atoms with van der Waals surface area (Å²) in [7, 11) is 1.25. The van der Waals surface area contributed by atoms with Crippen molar-refractivity contribution < 1.29 is 13.9 Å². The Morgan fingerprint density at radius 3 is 2.70 bits per heavy atom. The van der Waals surface area contributed by atoms with E-state index < -0.39 is 17.7 Å². The van der Waals surface area contributed by atoms with Crippen molar-refractivity contribution >= 4 is 11.5 Å². The Morgan fingerprint density at radius 1 is 1.45 bits per heavy atom. The lowest BCUT2D eigenvalue weighted by Gasteiger charge is -2.26. The Morgan fingerprint density at radius 2 is 2.15 bits per heavy atom. The first kappa shape index (κ1) is 14.5. The number of carbonyl (C=O) groups excluding carboxylic acids is 1. The maximum absolute atomic E-state index is 14.6. The van der Waals surface area contributed by atoms with Crippen LogP contribution in [0, 0.1) is 0 Å². The molecule has 1 aliphatic rings. The van der Waals surface area contributed by atoms with E-state index >= 15 is 0 Å². The molecule has 3 nitrogen and oxygen atoms in total. The average Bonchev–Trinajstić information content (AvgIpc) is 2.47. The normalized spacial score (nSPS) is 23.1. The van der Waals surface area contributed by atoms with Crippen molar-refractivity contribution in [3.63, 3.8) is 0 Å². The van der Waals surface area contributed by atoms with Crippen LogP contribution in [0.1, 0.15) is 18.4 Å². The van der Waals surface area contributed by atoms with E-state index in [1.807, 2.05) is 36.4 Å². The maximum Gasteiger partial charge on any atom is 0.322 e. The van der Waals surface area contributed by atoms with Gasteiger partial charge in [-0.25, -0.2) is 4.39 Å². The largest absolute Gasteiger partial charge is 0.468 e. The Bertz CT molecular complexity index is 539. The molecule has 2 rings (SSSR count). The van der Waals surface area contributed by atoms with Crippen molar-refractivity contribution in [1.82, 2.24) is 0 Å². The summed E-state index contributed by atoms with van der Waals surface area (Å²) in [4.78, 5) is 11.3.